The van der Waals surface area contributed by atoms with E-state index in [4.69, 9.17) is 4.74 Å². The van der Waals surface area contributed by atoms with Gasteiger partial charge in [-0.1, -0.05) is 0 Å². The normalized spacial score (nSPS) is 32.8. The van der Waals surface area contributed by atoms with Crippen molar-refractivity contribution in [2.24, 2.45) is 5.92 Å². The highest BCUT2D eigenvalue weighted by molar-refractivity contribution is 5.80. The Kier molecular flexibility index (Phi) is 3.87. The monoisotopic (exact) mass is 257 g/mol. The fraction of sp³-hybridized carbons (Fsp3) is 0.833. The molecule has 0 aliphatic carbocycles. The molecule has 0 spiro atoms. The van der Waals surface area contributed by atoms with Crippen LogP contribution < -0.4 is 5.32 Å². The van der Waals surface area contributed by atoms with Gasteiger partial charge < -0.3 is 15.0 Å². The third-order valence-electron chi connectivity index (χ3n) is 3.65. The zero-order valence-corrected chi connectivity index (χ0v) is 11.2. The summed E-state index contributed by atoms with van der Waals surface area (Å²) in [5.41, 5.74) is 0. The fourth-order valence-electron chi connectivity index (χ4n) is 2.48. The van der Waals surface area contributed by atoms with Gasteiger partial charge in [0.05, 0.1) is 12.0 Å². The standard InChI is InChI=1S/C12H21N3O3.H2/c1-8-12(18-8)15-5-4-14(9(2)16)6-10(7-15)11(17)13-3;/h8,10,12H,4-7H2,1-3H3,(H,13,17);1H. The molecule has 0 saturated carbocycles. The Morgan fingerprint density at radius 3 is 2.50 bits per heavy atom. The van der Waals surface area contributed by atoms with Crippen molar-refractivity contribution in [3.63, 3.8) is 0 Å². The predicted molar refractivity (Wildman–Crippen MR) is 67.8 cm³/mol. The maximum absolute atomic E-state index is 11.8. The van der Waals surface area contributed by atoms with Crippen LogP contribution in [0.3, 0.4) is 0 Å². The SMILES string of the molecule is CNC(=O)C1CN(C(C)=O)CCN(C2OC2C)C1.[HH]. The Morgan fingerprint density at radius 1 is 1.33 bits per heavy atom. The second-order valence-electron chi connectivity index (χ2n) is 5.00. The third kappa shape index (κ3) is 2.81. The maximum Gasteiger partial charge on any atom is 0.225 e. The summed E-state index contributed by atoms with van der Waals surface area (Å²) in [7, 11) is 1.63. The number of ether oxygens (including phenoxy) is 1. The van der Waals surface area contributed by atoms with Crippen LogP contribution in [-0.4, -0.2) is 67.2 Å². The number of amides is 2. The van der Waals surface area contributed by atoms with Gasteiger partial charge in [-0.2, -0.15) is 0 Å². The van der Waals surface area contributed by atoms with Gasteiger partial charge in [0.15, 0.2) is 0 Å². The molecule has 0 aromatic heterocycles. The van der Waals surface area contributed by atoms with E-state index in [0.29, 0.717) is 19.6 Å². The first kappa shape index (κ1) is 13.3. The number of carbonyl (C=O) groups excluding carboxylic acids is 2. The quantitative estimate of drug-likeness (QED) is 0.678. The first-order chi connectivity index (χ1) is 8.52. The van der Waals surface area contributed by atoms with Crippen LogP contribution in [-0.2, 0) is 14.3 Å². The topological polar surface area (TPSA) is 65.2 Å². The lowest BCUT2D eigenvalue weighted by Crippen LogP contribution is -2.41. The molecule has 2 fully saturated rings. The van der Waals surface area contributed by atoms with E-state index in [0.717, 1.165) is 6.54 Å². The van der Waals surface area contributed by atoms with Gasteiger partial charge in [0.1, 0.15) is 6.23 Å². The number of carbonyl (C=O) groups is 2. The van der Waals surface area contributed by atoms with Crippen molar-refractivity contribution < 1.29 is 15.8 Å². The molecule has 2 aliphatic rings. The van der Waals surface area contributed by atoms with Crippen molar-refractivity contribution in [1.29, 1.82) is 0 Å². The van der Waals surface area contributed by atoms with E-state index in [1.165, 1.54) is 0 Å². The van der Waals surface area contributed by atoms with Crippen molar-refractivity contribution in [3.8, 4) is 0 Å². The Morgan fingerprint density at radius 2 is 2.00 bits per heavy atom. The summed E-state index contributed by atoms with van der Waals surface area (Å²) in [6.45, 7) is 6.14. The molecule has 0 radical (unpaired) electrons. The average Bonchev–Trinajstić information content (AvgIpc) is 3.08. The molecule has 18 heavy (non-hydrogen) atoms. The Labute approximate surface area is 109 Å². The third-order valence-corrected chi connectivity index (χ3v) is 3.65. The number of nitrogens with one attached hydrogen (secondary N) is 1. The Bertz CT molecular complexity index is 353. The zero-order chi connectivity index (χ0) is 13.3. The van der Waals surface area contributed by atoms with Gasteiger partial charge in [-0.3, -0.25) is 14.5 Å². The fourth-order valence-corrected chi connectivity index (χ4v) is 2.48. The van der Waals surface area contributed by atoms with E-state index in [1.54, 1.807) is 18.9 Å². The molecule has 2 amide bonds. The smallest absolute Gasteiger partial charge is 0.225 e. The van der Waals surface area contributed by atoms with Crippen molar-refractivity contribution >= 4 is 11.8 Å². The number of hydrogen-bond acceptors (Lipinski definition) is 4. The molecule has 0 aromatic rings. The summed E-state index contributed by atoms with van der Waals surface area (Å²) in [4.78, 5) is 27.3. The minimum atomic E-state index is -0.183. The number of rotatable bonds is 2. The van der Waals surface area contributed by atoms with Crippen LogP contribution in [0.25, 0.3) is 0 Å². The summed E-state index contributed by atoms with van der Waals surface area (Å²) in [5.74, 6) is -0.172. The van der Waals surface area contributed by atoms with Crippen molar-refractivity contribution in [2.45, 2.75) is 26.2 Å². The molecule has 2 heterocycles. The highest BCUT2D eigenvalue weighted by atomic mass is 16.6. The largest absolute Gasteiger partial charge is 0.359 e. The Balaban J connectivity index is 0.00000180. The van der Waals surface area contributed by atoms with Crippen molar-refractivity contribution in [1.82, 2.24) is 15.1 Å². The first-order valence-corrected chi connectivity index (χ1v) is 6.39. The van der Waals surface area contributed by atoms with Crippen LogP contribution in [0.5, 0.6) is 0 Å². The molecule has 6 heteroatoms. The highest BCUT2D eigenvalue weighted by Crippen LogP contribution is 2.27. The molecule has 0 bridgehead atoms. The number of epoxide rings is 1. The lowest BCUT2D eigenvalue weighted by molar-refractivity contribution is -0.130. The summed E-state index contributed by atoms with van der Waals surface area (Å²) < 4.78 is 5.46. The second-order valence-corrected chi connectivity index (χ2v) is 5.00. The molecule has 3 unspecified atom stereocenters. The van der Waals surface area contributed by atoms with Gasteiger partial charge in [0.25, 0.3) is 0 Å². The van der Waals surface area contributed by atoms with E-state index < -0.39 is 0 Å². The van der Waals surface area contributed by atoms with Crippen LogP contribution >= 0.6 is 0 Å². The Hall–Kier alpha value is -1.14. The molecule has 104 valence electrons. The van der Waals surface area contributed by atoms with E-state index >= 15 is 0 Å². The molecule has 3 atom stereocenters. The molecule has 2 aliphatic heterocycles. The summed E-state index contributed by atoms with van der Waals surface area (Å²) in [6.07, 6.45) is 0.350. The van der Waals surface area contributed by atoms with Crippen LogP contribution in [0.4, 0.5) is 0 Å². The summed E-state index contributed by atoms with van der Waals surface area (Å²) in [5, 5.41) is 2.67. The van der Waals surface area contributed by atoms with Gasteiger partial charge in [0, 0.05) is 41.6 Å². The molecule has 2 rings (SSSR count). The summed E-state index contributed by atoms with van der Waals surface area (Å²) >= 11 is 0. The molecule has 0 aromatic carbocycles. The zero-order valence-electron chi connectivity index (χ0n) is 11.2. The number of hydrogen-bond donors (Lipinski definition) is 1. The van der Waals surface area contributed by atoms with Gasteiger partial charge in [-0.05, 0) is 6.92 Å². The van der Waals surface area contributed by atoms with E-state index in [2.05, 4.69) is 10.2 Å². The van der Waals surface area contributed by atoms with Gasteiger partial charge in [0.2, 0.25) is 11.8 Å². The van der Waals surface area contributed by atoms with Gasteiger partial charge in [-0.15, -0.1) is 0 Å². The van der Waals surface area contributed by atoms with Crippen LogP contribution in [0.15, 0.2) is 0 Å². The lowest BCUT2D eigenvalue weighted by Gasteiger charge is -2.21. The predicted octanol–water partition coefficient (Wildman–Crippen LogP) is -0.496. The maximum atomic E-state index is 11.8. The lowest BCUT2D eigenvalue weighted by atomic mass is 10.1. The van der Waals surface area contributed by atoms with E-state index in [-0.39, 0.29) is 31.5 Å². The molecule has 2 saturated heterocycles. The van der Waals surface area contributed by atoms with E-state index in [9.17, 15) is 9.59 Å². The molecular weight excluding hydrogens is 234 g/mol. The average molecular weight is 257 g/mol. The molecule has 1 N–H and O–H groups in total. The van der Waals surface area contributed by atoms with Gasteiger partial charge in [-0.25, -0.2) is 0 Å². The second kappa shape index (κ2) is 5.24. The van der Waals surface area contributed by atoms with E-state index in [1.807, 2.05) is 6.92 Å². The van der Waals surface area contributed by atoms with Crippen LogP contribution in [0.1, 0.15) is 15.3 Å². The molecule has 6 nitrogen and oxygen atoms in total. The van der Waals surface area contributed by atoms with Gasteiger partial charge >= 0.3 is 0 Å². The first-order valence-electron chi connectivity index (χ1n) is 6.39. The molecular formula is C12H23N3O3. The van der Waals surface area contributed by atoms with Crippen LogP contribution in [0.2, 0.25) is 0 Å². The van der Waals surface area contributed by atoms with Crippen molar-refractivity contribution in [3.05, 3.63) is 0 Å². The van der Waals surface area contributed by atoms with Crippen LogP contribution in [0, 0.1) is 5.92 Å². The highest BCUT2D eigenvalue weighted by Gasteiger charge is 2.42. The minimum absolute atomic E-state index is 0. The van der Waals surface area contributed by atoms with Crippen molar-refractivity contribution in [2.75, 3.05) is 33.2 Å². The minimum Gasteiger partial charge on any atom is -0.359 e. The summed E-state index contributed by atoms with van der Waals surface area (Å²) in [6, 6.07) is 0. The number of nitrogens with zero attached hydrogens (tertiary/aromatic N) is 2.